The van der Waals surface area contributed by atoms with Crippen molar-refractivity contribution in [1.29, 1.82) is 0 Å². The summed E-state index contributed by atoms with van der Waals surface area (Å²) in [6.07, 6.45) is -0.526. The molecule has 0 saturated carbocycles. The molecule has 37 heavy (non-hydrogen) atoms. The van der Waals surface area contributed by atoms with Crippen molar-refractivity contribution in [1.82, 2.24) is 5.32 Å². The molecule has 2 amide bonds. The number of nitrogens with zero attached hydrogens (tertiary/aromatic N) is 1. The van der Waals surface area contributed by atoms with Crippen LogP contribution in [0.5, 0.6) is 28.7 Å². The van der Waals surface area contributed by atoms with E-state index in [1.54, 1.807) is 49.9 Å². The molecule has 200 valence electrons. The van der Waals surface area contributed by atoms with Crippen molar-refractivity contribution in [2.75, 3.05) is 46.5 Å². The average molecular weight is 515 g/mol. The minimum Gasteiger partial charge on any atom is -0.493 e. The van der Waals surface area contributed by atoms with Crippen molar-refractivity contribution in [3.63, 3.8) is 0 Å². The lowest BCUT2D eigenvalue weighted by molar-refractivity contribution is -0.119. The number of methoxy groups -OCH3 is 4. The number of β-lactam (4-membered cyclic amide) rings is 1. The van der Waals surface area contributed by atoms with Crippen LogP contribution >= 0.6 is 0 Å². The van der Waals surface area contributed by atoms with Crippen LogP contribution in [0.3, 0.4) is 0 Å². The van der Waals surface area contributed by atoms with E-state index >= 15 is 0 Å². The lowest BCUT2D eigenvalue weighted by Gasteiger charge is -2.42. The number of carbonyl (C=O) groups is 2. The molecule has 2 aromatic carbocycles. The second kappa shape index (κ2) is 11.3. The fourth-order valence-electron chi connectivity index (χ4n) is 3.91. The second-order valence-electron chi connectivity index (χ2n) is 9.17. The summed E-state index contributed by atoms with van der Waals surface area (Å²) in [5, 5.41) is 2.65. The Morgan fingerprint density at radius 1 is 0.946 bits per heavy atom. The van der Waals surface area contributed by atoms with E-state index in [0.717, 1.165) is 5.56 Å². The van der Waals surface area contributed by atoms with E-state index in [1.807, 2.05) is 6.07 Å². The molecule has 0 spiro atoms. The molecule has 10 nitrogen and oxygen atoms in total. The lowest BCUT2D eigenvalue weighted by atomic mass is 9.88. The molecule has 1 heterocycles. The monoisotopic (exact) mass is 514 g/mol. The summed E-state index contributed by atoms with van der Waals surface area (Å²) in [5.41, 5.74) is 1.18. The van der Waals surface area contributed by atoms with E-state index < -0.39 is 17.7 Å². The van der Waals surface area contributed by atoms with Gasteiger partial charge in [-0.15, -0.1) is 0 Å². The summed E-state index contributed by atoms with van der Waals surface area (Å²) in [5.74, 6) is 2.03. The maximum absolute atomic E-state index is 12.9. The zero-order valence-electron chi connectivity index (χ0n) is 22.3. The number of hydrogen-bond acceptors (Lipinski definition) is 8. The van der Waals surface area contributed by atoms with Gasteiger partial charge in [0.15, 0.2) is 23.0 Å². The first-order valence-electron chi connectivity index (χ1n) is 11.6. The first-order chi connectivity index (χ1) is 17.5. The van der Waals surface area contributed by atoms with Crippen molar-refractivity contribution in [3.05, 3.63) is 48.0 Å². The zero-order valence-corrected chi connectivity index (χ0v) is 22.3. The normalized spacial score (nSPS) is 15.0. The zero-order chi connectivity index (χ0) is 27.3. The molecule has 0 unspecified atom stereocenters. The van der Waals surface area contributed by atoms with Gasteiger partial charge < -0.3 is 33.7 Å². The van der Waals surface area contributed by atoms with Gasteiger partial charge in [-0.3, -0.25) is 9.69 Å². The summed E-state index contributed by atoms with van der Waals surface area (Å²) in [7, 11) is 6.08. The molecule has 1 atom stereocenters. The summed E-state index contributed by atoms with van der Waals surface area (Å²) in [6.45, 7) is 9.76. The highest BCUT2D eigenvalue weighted by molar-refractivity contribution is 6.15. The van der Waals surface area contributed by atoms with Gasteiger partial charge in [0.25, 0.3) is 5.91 Å². The molecule has 1 saturated heterocycles. The molecule has 1 aliphatic heterocycles. The Morgan fingerprint density at radius 2 is 1.57 bits per heavy atom. The summed E-state index contributed by atoms with van der Waals surface area (Å²) in [6, 6.07) is 8.38. The Kier molecular flexibility index (Phi) is 8.42. The highest BCUT2D eigenvalue weighted by atomic mass is 16.6. The Bertz CT molecular complexity index is 1150. The van der Waals surface area contributed by atoms with E-state index in [1.165, 1.54) is 28.4 Å². The third-order valence-electron chi connectivity index (χ3n) is 5.54. The van der Waals surface area contributed by atoms with Crippen LogP contribution in [0.2, 0.25) is 0 Å². The van der Waals surface area contributed by atoms with Gasteiger partial charge in [-0.05, 0) is 38.5 Å². The number of amides is 2. The molecular weight excluding hydrogens is 480 g/mol. The first-order valence-corrected chi connectivity index (χ1v) is 11.6. The smallest absolute Gasteiger partial charge is 0.407 e. The van der Waals surface area contributed by atoms with Gasteiger partial charge in [-0.25, -0.2) is 4.79 Å². The molecule has 0 bridgehead atoms. The molecule has 10 heteroatoms. The number of anilines is 1. The fraction of sp³-hybridized carbons (Fsp3) is 0.407. The summed E-state index contributed by atoms with van der Waals surface area (Å²) in [4.78, 5) is 26.4. The van der Waals surface area contributed by atoms with Gasteiger partial charge in [0.1, 0.15) is 12.2 Å². The number of alkyl carbamates (subject to hydrolysis) is 1. The first kappa shape index (κ1) is 27.5. The van der Waals surface area contributed by atoms with Crippen LogP contribution in [0.1, 0.15) is 32.4 Å². The number of carbonyl (C=O) groups excluding carboxylic acids is 2. The van der Waals surface area contributed by atoms with Crippen molar-refractivity contribution >= 4 is 17.7 Å². The maximum atomic E-state index is 12.9. The van der Waals surface area contributed by atoms with Crippen LogP contribution in [0.15, 0.2) is 42.5 Å². The average Bonchev–Trinajstić information content (AvgIpc) is 2.87. The lowest BCUT2D eigenvalue weighted by Crippen LogP contribution is -2.48. The van der Waals surface area contributed by atoms with Crippen molar-refractivity contribution < 1.29 is 38.0 Å². The molecule has 1 aliphatic rings. The van der Waals surface area contributed by atoms with E-state index in [9.17, 15) is 9.59 Å². The topological polar surface area (TPSA) is 105 Å². The highest BCUT2D eigenvalue weighted by Crippen LogP contribution is 2.48. The molecule has 1 N–H and O–H groups in total. The highest BCUT2D eigenvalue weighted by Gasteiger charge is 2.43. The third kappa shape index (κ3) is 6.02. The second-order valence-corrected chi connectivity index (χ2v) is 9.17. The predicted octanol–water partition coefficient (Wildman–Crippen LogP) is 4.27. The Labute approximate surface area is 217 Å². The van der Waals surface area contributed by atoms with Crippen LogP contribution < -0.4 is 33.9 Å². The SMILES string of the molecule is C=C1C(=O)N(c2cc(OC)c(OC)c(OC)c2)[C@H]1c1ccc(OC)c(OCCNC(=O)OC(C)(C)C)c1. The molecule has 2 aromatic rings. The Hall–Kier alpha value is -4.08. The standard InChI is InChI=1S/C27H34N2O8/c1-16-23(29(25(16)30)18-14-21(33-6)24(35-8)22(15-18)34-7)17-9-10-19(32-5)20(13-17)36-12-11-28-26(31)37-27(2,3)4/h9-10,13-15,23H,1,11-12H2,2-8H3,(H,28,31)/t23-/m1/s1. The molecule has 0 aromatic heterocycles. The Balaban J connectivity index is 1.82. The molecular formula is C27H34N2O8. The number of nitrogens with one attached hydrogen (secondary N) is 1. The number of benzene rings is 2. The van der Waals surface area contributed by atoms with Crippen LogP contribution in [0.4, 0.5) is 10.5 Å². The number of hydrogen-bond donors (Lipinski definition) is 1. The van der Waals surface area contributed by atoms with Gasteiger partial charge in [-0.1, -0.05) is 12.6 Å². The predicted molar refractivity (Wildman–Crippen MR) is 138 cm³/mol. The van der Waals surface area contributed by atoms with Gasteiger partial charge in [0.2, 0.25) is 5.75 Å². The van der Waals surface area contributed by atoms with Gasteiger partial charge >= 0.3 is 6.09 Å². The van der Waals surface area contributed by atoms with Gasteiger partial charge in [0, 0.05) is 17.7 Å². The number of ether oxygens (including phenoxy) is 6. The van der Waals surface area contributed by atoms with Crippen LogP contribution in [-0.4, -0.2) is 59.2 Å². The quantitative estimate of drug-likeness (QED) is 0.285. The van der Waals surface area contributed by atoms with E-state index in [4.69, 9.17) is 28.4 Å². The third-order valence-corrected chi connectivity index (χ3v) is 5.54. The van der Waals surface area contributed by atoms with Gasteiger partial charge in [-0.2, -0.15) is 0 Å². The largest absolute Gasteiger partial charge is 0.493 e. The van der Waals surface area contributed by atoms with E-state index in [-0.39, 0.29) is 19.1 Å². The molecule has 0 radical (unpaired) electrons. The van der Waals surface area contributed by atoms with Crippen LogP contribution in [0.25, 0.3) is 0 Å². The van der Waals surface area contributed by atoms with E-state index in [0.29, 0.717) is 40.0 Å². The maximum Gasteiger partial charge on any atom is 0.407 e. The summed E-state index contributed by atoms with van der Waals surface area (Å²) >= 11 is 0. The number of rotatable bonds is 10. The summed E-state index contributed by atoms with van der Waals surface area (Å²) < 4.78 is 32.8. The van der Waals surface area contributed by atoms with Crippen molar-refractivity contribution in [2.24, 2.45) is 0 Å². The van der Waals surface area contributed by atoms with Crippen molar-refractivity contribution in [3.8, 4) is 28.7 Å². The minimum atomic E-state index is -0.588. The van der Waals surface area contributed by atoms with Crippen LogP contribution in [-0.2, 0) is 9.53 Å². The van der Waals surface area contributed by atoms with Crippen molar-refractivity contribution in [2.45, 2.75) is 32.4 Å². The van der Waals surface area contributed by atoms with Gasteiger partial charge in [0.05, 0.1) is 46.7 Å². The molecule has 1 fully saturated rings. The fourth-order valence-corrected chi connectivity index (χ4v) is 3.91. The molecule has 3 rings (SSSR count). The van der Waals surface area contributed by atoms with Crippen LogP contribution in [0, 0.1) is 0 Å². The van der Waals surface area contributed by atoms with E-state index in [2.05, 4.69) is 11.9 Å². The minimum absolute atomic E-state index is 0.181. The Morgan fingerprint density at radius 3 is 2.11 bits per heavy atom. The molecule has 0 aliphatic carbocycles.